The summed E-state index contributed by atoms with van der Waals surface area (Å²) in [4.78, 5) is 7.42. The molecule has 4 nitrogen and oxygen atoms in total. The van der Waals surface area contributed by atoms with Crippen molar-refractivity contribution in [2.24, 2.45) is 0 Å². The molecule has 102 valence electrons. The lowest BCUT2D eigenvalue weighted by molar-refractivity contribution is 0.144. The molecule has 3 rings (SSSR count). The van der Waals surface area contributed by atoms with Crippen LogP contribution >= 0.6 is 0 Å². The molecule has 1 aliphatic rings. The molecule has 0 amide bonds. The van der Waals surface area contributed by atoms with E-state index in [1.807, 2.05) is 0 Å². The first kappa shape index (κ1) is 12.4. The fraction of sp³-hybridized carbons (Fsp3) is 0.500. The fourth-order valence-corrected chi connectivity index (χ4v) is 2.68. The normalized spacial score (nSPS) is 24.3. The van der Waals surface area contributed by atoms with Gasteiger partial charge in [-0.05, 0) is 31.0 Å². The van der Waals surface area contributed by atoms with Crippen LogP contribution in [0.3, 0.4) is 0 Å². The van der Waals surface area contributed by atoms with E-state index in [1.54, 1.807) is 6.07 Å². The van der Waals surface area contributed by atoms with E-state index in [-0.39, 0.29) is 18.0 Å². The summed E-state index contributed by atoms with van der Waals surface area (Å²) < 4.78 is 13.1. The van der Waals surface area contributed by atoms with Crippen LogP contribution < -0.4 is 5.32 Å². The minimum absolute atomic E-state index is 0.0212. The predicted octanol–water partition coefficient (Wildman–Crippen LogP) is 2.81. The summed E-state index contributed by atoms with van der Waals surface area (Å²) in [5.41, 5.74) is 1.40. The summed E-state index contributed by atoms with van der Waals surface area (Å²) in [5.74, 6) is 0.323. The van der Waals surface area contributed by atoms with E-state index < -0.39 is 0 Å². The van der Waals surface area contributed by atoms with Gasteiger partial charge in [0.05, 0.1) is 23.2 Å². The predicted molar refractivity (Wildman–Crippen MR) is 72.6 cm³/mol. The highest BCUT2D eigenvalue weighted by Crippen LogP contribution is 2.22. The van der Waals surface area contributed by atoms with Crippen LogP contribution in [0.15, 0.2) is 18.2 Å². The highest BCUT2D eigenvalue weighted by Gasteiger charge is 2.22. The maximum absolute atomic E-state index is 13.1. The number of anilines is 1. The number of aliphatic hydroxyl groups is 1. The molecular weight excluding hydrogens is 245 g/mol. The molecule has 0 saturated heterocycles. The Morgan fingerprint density at radius 3 is 3.00 bits per heavy atom. The number of halogens is 1. The second kappa shape index (κ2) is 5.17. The van der Waals surface area contributed by atoms with Gasteiger partial charge in [-0.3, -0.25) is 0 Å². The summed E-state index contributed by atoms with van der Waals surface area (Å²) in [6, 6.07) is 4.49. The molecule has 1 fully saturated rings. The van der Waals surface area contributed by atoms with Gasteiger partial charge in [-0.15, -0.1) is 0 Å². The molecule has 1 aromatic heterocycles. The van der Waals surface area contributed by atoms with Gasteiger partial charge < -0.3 is 15.4 Å². The Kier molecular flexibility index (Phi) is 3.38. The molecule has 0 aliphatic heterocycles. The maximum Gasteiger partial charge on any atom is 0.201 e. The average molecular weight is 263 g/mol. The van der Waals surface area contributed by atoms with E-state index >= 15 is 0 Å². The second-order valence-electron chi connectivity index (χ2n) is 5.20. The van der Waals surface area contributed by atoms with Crippen LogP contribution in [0.2, 0.25) is 0 Å². The third-order valence-electron chi connectivity index (χ3n) is 3.75. The lowest BCUT2D eigenvalue weighted by atomic mass is 10.1. The van der Waals surface area contributed by atoms with Crippen molar-refractivity contribution in [2.45, 2.75) is 44.2 Å². The molecule has 2 aromatic rings. The van der Waals surface area contributed by atoms with Crippen molar-refractivity contribution in [2.75, 3.05) is 5.32 Å². The molecule has 0 radical (unpaired) electrons. The zero-order valence-corrected chi connectivity index (χ0v) is 10.7. The number of nitrogens with zero attached hydrogens (tertiary/aromatic N) is 1. The van der Waals surface area contributed by atoms with E-state index in [0.29, 0.717) is 11.5 Å². The number of rotatable bonds is 2. The fourth-order valence-electron chi connectivity index (χ4n) is 2.68. The quantitative estimate of drug-likeness (QED) is 0.730. The number of imidazole rings is 1. The lowest BCUT2D eigenvalue weighted by Crippen LogP contribution is -2.32. The van der Waals surface area contributed by atoms with Crippen molar-refractivity contribution in [3.63, 3.8) is 0 Å². The Morgan fingerprint density at radius 2 is 2.11 bits per heavy atom. The minimum Gasteiger partial charge on any atom is -0.391 e. The highest BCUT2D eigenvalue weighted by atomic mass is 19.1. The minimum atomic E-state index is -0.340. The molecule has 1 aliphatic carbocycles. The summed E-state index contributed by atoms with van der Waals surface area (Å²) in [6.07, 6.45) is 4.78. The van der Waals surface area contributed by atoms with Gasteiger partial charge >= 0.3 is 0 Å². The third-order valence-corrected chi connectivity index (χ3v) is 3.75. The lowest BCUT2D eigenvalue weighted by Gasteiger charge is -2.21. The van der Waals surface area contributed by atoms with Gasteiger partial charge in [-0.2, -0.15) is 0 Å². The Labute approximate surface area is 111 Å². The van der Waals surface area contributed by atoms with Crippen molar-refractivity contribution >= 4 is 17.0 Å². The Balaban J connectivity index is 1.80. The smallest absolute Gasteiger partial charge is 0.201 e. The van der Waals surface area contributed by atoms with E-state index in [0.717, 1.165) is 31.2 Å². The number of aliphatic hydroxyl groups excluding tert-OH is 1. The van der Waals surface area contributed by atoms with Gasteiger partial charge in [0.15, 0.2) is 0 Å². The number of H-pyrrole nitrogens is 1. The van der Waals surface area contributed by atoms with Gasteiger partial charge in [0.1, 0.15) is 5.82 Å². The Hall–Kier alpha value is -1.62. The highest BCUT2D eigenvalue weighted by molar-refractivity contribution is 5.77. The topological polar surface area (TPSA) is 60.9 Å². The second-order valence-corrected chi connectivity index (χ2v) is 5.20. The van der Waals surface area contributed by atoms with Crippen molar-refractivity contribution in [3.05, 3.63) is 24.0 Å². The van der Waals surface area contributed by atoms with E-state index in [1.165, 1.54) is 18.6 Å². The van der Waals surface area contributed by atoms with Crippen molar-refractivity contribution in [1.29, 1.82) is 0 Å². The number of aromatic nitrogens is 2. The average Bonchev–Trinajstić information content (AvgIpc) is 2.66. The molecule has 2 unspecified atom stereocenters. The molecule has 5 heteroatoms. The zero-order valence-electron chi connectivity index (χ0n) is 10.7. The number of hydrogen-bond donors (Lipinski definition) is 3. The van der Waals surface area contributed by atoms with Crippen LogP contribution in [-0.4, -0.2) is 27.2 Å². The van der Waals surface area contributed by atoms with Crippen LogP contribution in [0.5, 0.6) is 0 Å². The monoisotopic (exact) mass is 263 g/mol. The number of aromatic amines is 1. The molecule has 2 atom stereocenters. The number of benzene rings is 1. The molecule has 0 spiro atoms. The molecule has 0 bridgehead atoms. The first-order valence-electron chi connectivity index (χ1n) is 6.82. The first-order chi connectivity index (χ1) is 9.22. The molecule has 1 saturated carbocycles. The van der Waals surface area contributed by atoms with Gasteiger partial charge in [0.25, 0.3) is 0 Å². The molecule has 19 heavy (non-hydrogen) atoms. The van der Waals surface area contributed by atoms with E-state index in [4.69, 9.17) is 0 Å². The van der Waals surface area contributed by atoms with Crippen LogP contribution in [0, 0.1) is 5.82 Å². The van der Waals surface area contributed by atoms with E-state index in [9.17, 15) is 9.50 Å². The molecule has 1 heterocycles. The molecule has 3 N–H and O–H groups in total. The Morgan fingerprint density at radius 1 is 1.26 bits per heavy atom. The third kappa shape index (κ3) is 2.71. The number of hydrogen-bond acceptors (Lipinski definition) is 3. The van der Waals surface area contributed by atoms with Crippen LogP contribution in [0.1, 0.15) is 32.1 Å². The van der Waals surface area contributed by atoms with Gasteiger partial charge in [-0.25, -0.2) is 9.37 Å². The van der Waals surface area contributed by atoms with Crippen molar-refractivity contribution in [3.8, 4) is 0 Å². The summed E-state index contributed by atoms with van der Waals surface area (Å²) >= 11 is 0. The zero-order chi connectivity index (χ0) is 13.2. The van der Waals surface area contributed by atoms with Gasteiger partial charge in [0, 0.05) is 0 Å². The van der Waals surface area contributed by atoms with Crippen LogP contribution in [0.4, 0.5) is 10.3 Å². The van der Waals surface area contributed by atoms with Crippen LogP contribution in [-0.2, 0) is 0 Å². The van der Waals surface area contributed by atoms with Crippen molar-refractivity contribution < 1.29 is 9.50 Å². The summed E-state index contributed by atoms with van der Waals surface area (Å²) in [5, 5.41) is 13.3. The van der Waals surface area contributed by atoms with Gasteiger partial charge in [0.2, 0.25) is 5.95 Å². The largest absolute Gasteiger partial charge is 0.391 e. The molecular formula is C14H18FN3O. The van der Waals surface area contributed by atoms with Crippen LogP contribution in [0.25, 0.3) is 11.0 Å². The standard InChI is InChI=1S/C14H18FN3O/c15-9-6-7-10-12(8-9)18-14(16-10)17-11-4-2-1-3-5-13(11)19/h6-8,11,13,19H,1-5H2,(H2,16,17,18). The number of nitrogens with one attached hydrogen (secondary N) is 2. The first-order valence-corrected chi connectivity index (χ1v) is 6.82. The molecule has 1 aromatic carbocycles. The van der Waals surface area contributed by atoms with Gasteiger partial charge in [-0.1, -0.05) is 19.3 Å². The summed E-state index contributed by atoms with van der Waals surface area (Å²) in [7, 11) is 0. The SMILES string of the molecule is OC1CCCCCC1Nc1nc2ccc(F)cc2[nH]1. The van der Waals surface area contributed by atoms with E-state index in [2.05, 4.69) is 15.3 Å². The van der Waals surface area contributed by atoms with Crippen molar-refractivity contribution in [1.82, 2.24) is 9.97 Å². The number of fused-ring (bicyclic) bond motifs is 1. The maximum atomic E-state index is 13.1. The Bertz CT molecular complexity index is 569. The summed E-state index contributed by atoms with van der Waals surface area (Å²) in [6.45, 7) is 0.